The van der Waals surface area contributed by atoms with Gasteiger partial charge >= 0.3 is 0 Å². The van der Waals surface area contributed by atoms with Crippen LogP contribution in [-0.2, 0) is 0 Å². The summed E-state index contributed by atoms with van der Waals surface area (Å²) >= 11 is 12.0. The summed E-state index contributed by atoms with van der Waals surface area (Å²) < 4.78 is 5.22. The van der Waals surface area contributed by atoms with E-state index in [0.717, 1.165) is 5.56 Å². The minimum atomic E-state index is -0.497. The number of halogens is 2. The van der Waals surface area contributed by atoms with Gasteiger partial charge in [0, 0.05) is 22.2 Å². The van der Waals surface area contributed by atoms with Gasteiger partial charge < -0.3 is 4.52 Å². The molecule has 7 nitrogen and oxygen atoms in total. The standard InChI is InChI=1S/C18H11Cl2N5O2/c19-11-7-5-10(6-8-11)15-9-14(25-27-15)17(26)22-18-21-16(23-24-18)12-3-1-2-4-13(12)20/h1-9H,(H2,21,22,23,24,26). The summed E-state index contributed by atoms with van der Waals surface area (Å²) in [7, 11) is 0. The number of aromatic nitrogens is 4. The second-order valence-corrected chi connectivity index (χ2v) is 6.37. The predicted octanol–water partition coefficient (Wildman–Crippen LogP) is 4.69. The summed E-state index contributed by atoms with van der Waals surface area (Å²) in [4.78, 5) is 16.6. The average molecular weight is 400 g/mol. The van der Waals surface area contributed by atoms with Gasteiger partial charge in [0.2, 0.25) is 5.95 Å². The average Bonchev–Trinajstić information content (AvgIpc) is 3.33. The lowest BCUT2D eigenvalue weighted by Crippen LogP contribution is -2.13. The maximum absolute atomic E-state index is 12.4. The molecule has 0 fully saturated rings. The third-order valence-electron chi connectivity index (χ3n) is 3.71. The first-order valence-corrected chi connectivity index (χ1v) is 8.57. The van der Waals surface area contributed by atoms with Gasteiger partial charge in [-0.05, 0) is 36.4 Å². The SMILES string of the molecule is O=C(Nc1n[nH]c(-c2ccccc2Cl)n1)c1cc(-c2ccc(Cl)cc2)on1. The molecular formula is C18H11Cl2N5O2. The molecule has 27 heavy (non-hydrogen) atoms. The van der Waals surface area contributed by atoms with Gasteiger partial charge in [0.25, 0.3) is 5.91 Å². The van der Waals surface area contributed by atoms with Gasteiger partial charge in [-0.1, -0.05) is 40.5 Å². The van der Waals surface area contributed by atoms with Crippen molar-refractivity contribution in [2.75, 3.05) is 5.32 Å². The molecule has 2 heterocycles. The number of hydrogen-bond donors (Lipinski definition) is 2. The smallest absolute Gasteiger partial charge is 0.280 e. The van der Waals surface area contributed by atoms with E-state index in [4.69, 9.17) is 27.7 Å². The van der Waals surface area contributed by atoms with E-state index >= 15 is 0 Å². The van der Waals surface area contributed by atoms with E-state index in [1.54, 1.807) is 36.4 Å². The fourth-order valence-electron chi connectivity index (χ4n) is 2.39. The van der Waals surface area contributed by atoms with Crippen LogP contribution in [0.4, 0.5) is 5.95 Å². The molecule has 9 heteroatoms. The third kappa shape index (κ3) is 3.69. The number of H-pyrrole nitrogens is 1. The highest BCUT2D eigenvalue weighted by atomic mass is 35.5. The summed E-state index contributed by atoms with van der Waals surface area (Å²) in [6.45, 7) is 0. The van der Waals surface area contributed by atoms with E-state index in [1.807, 2.05) is 12.1 Å². The summed E-state index contributed by atoms with van der Waals surface area (Å²) in [6.07, 6.45) is 0. The molecule has 2 aromatic heterocycles. The van der Waals surface area contributed by atoms with Crippen LogP contribution in [-0.4, -0.2) is 26.2 Å². The van der Waals surface area contributed by atoms with Crippen LogP contribution < -0.4 is 5.32 Å². The fourth-order valence-corrected chi connectivity index (χ4v) is 2.74. The molecule has 0 radical (unpaired) electrons. The highest BCUT2D eigenvalue weighted by Gasteiger charge is 2.16. The molecule has 0 saturated heterocycles. The molecule has 0 aliphatic rings. The molecule has 4 aromatic rings. The molecule has 0 aliphatic carbocycles. The van der Waals surface area contributed by atoms with E-state index < -0.39 is 5.91 Å². The number of anilines is 1. The van der Waals surface area contributed by atoms with Gasteiger partial charge in [0.1, 0.15) is 0 Å². The lowest BCUT2D eigenvalue weighted by atomic mass is 10.1. The Morgan fingerprint density at radius 1 is 1.07 bits per heavy atom. The van der Waals surface area contributed by atoms with Crippen molar-refractivity contribution in [3.8, 4) is 22.7 Å². The Morgan fingerprint density at radius 2 is 1.85 bits per heavy atom. The number of rotatable bonds is 4. The van der Waals surface area contributed by atoms with Crippen LogP contribution in [0, 0.1) is 0 Å². The first-order chi connectivity index (χ1) is 13.1. The summed E-state index contributed by atoms with van der Waals surface area (Å²) in [6, 6.07) is 15.7. The van der Waals surface area contributed by atoms with E-state index in [1.165, 1.54) is 6.07 Å². The normalized spacial score (nSPS) is 10.7. The molecule has 4 rings (SSSR count). The molecule has 0 bridgehead atoms. The van der Waals surface area contributed by atoms with Crippen LogP contribution in [0.3, 0.4) is 0 Å². The molecule has 2 N–H and O–H groups in total. The molecule has 0 saturated carbocycles. The minimum absolute atomic E-state index is 0.101. The lowest BCUT2D eigenvalue weighted by Gasteiger charge is -1.98. The molecule has 2 aromatic carbocycles. The van der Waals surface area contributed by atoms with Crippen molar-refractivity contribution in [3.63, 3.8) is 0 Å². The third-order valence-corrected chi connectivity index (χ3v) is 4.29. The maximum Gasteiger partial charge on any atom is 0.280 e. The van der Waals surface area contributed by atoms with E-state index in [-0.39, 0.29) is 11.6 Å². The van der Waals surface area contributed by atoms with Crippen molar-refractivity contribution in [3.05, 3.63) is 70.3 Å². The first-order valence-electron chi connectivity index (χ1n) is 7.81. The van der Waals surface area contributed by atoms with Crippen molar-refractivity contribution in [1.29, 1.82) is 0 Å². The van der Waals surface area contributed by atoms with Gasteiger partial charge in [-0.3, -0.25) is 15.2 Å². The van der Waals surface area contributed by atoms with Crippen LogP contribution in [0.25, 0.3) is 22.7 Å². The molecule has 134 valence electrons. The maximum atomic E-state index is 12.4. The zero-order valence-corrected chi connectivity index (χ0v) is 15.1. The Hall–Kier alpha value is -3.16. The van der Waals surface area contributed by atoms with E-state index in [2.05, 4.69) is 25.7 Å². The van der Waals surface area contributed by atoms with Crippen molar-refractivity contribution < 1.29 is 9.32 Å². The van der Waals surface area contributed by atoms with Gasteiger partial charge in [-0.25, -0.2) is 0 Å². The number of aromatic amines is 1. The Labute approximate surface area is 163 Å². The molecule has 1 amide bonds. The Morgan fingerprint density at radius 3 is 2.63 bits per heavy atom. The summed E-state index contributed by atoms with van der Waals surface area (Å²) in [5, 5.41) is 14.2. The number of carbonyl (C=O) groups is 1. The van der Waals surface area contributed by atoms with Gasteiger partial charge in [0.15, 0.2) is 17.3 Å². The molecular weight excluding hydrogens is 389 g/mol. The van der Waals surface area contributed by atoms with Crippen LogP contribution >= 0.6 is 23.2 Å². The Balaban J connectivity index is 1.50. The van der Waals surface area contributed by atoms with Crippen LogP contribution in [0.5, 0.6) is 0 Å². The fraction of sp³-hybridized carbons (Fsp3) is 0. The number of carbonyl (C=O) groups excluding carboxylic acids is 1. The monoisotopic (exact) mass is 399 g/mol. The highest BCUT2D eigenvalue weighted by molar-refractivity contribution is 6.33. The number of nitrogens with one attached hydrogen (secondary N) is 2. The van der Waals surface area contributed by atoms with Crippen LogP contribution in [0.15, 0.2) is 59.1 Å². The minimum Gasteiger partial charge on any atom is -0.355 e. The number of hydrogen-bond acceptors (Lipinski definition) is 5. The second-order valence-electron chi connectivity index (χ2n) is 5.52. The Bertz CT molecular complexity index is 1100. The zero-order chi connectivity index (χ0) is 18.8. The molecule has 0 aliphatic heterocycles. The van der Waals surface area contributed by atoms with Crippen molar-refractivity contribution in [1.82, 2.24) is 20.3 Å². The van der Waals surface area contributed by atoms with Crippen LogP contribution in [0.2, 0.25) is 10.0 Å². The topological polar surface area (TPSA) is 96.7 Å². The molecule has 0 atom stereocenters. The zero-order valence-electron chi connectivity index (χ0n) is 13.6. The van der Waals surface area contributed by atoms with Gasteiger partial charge in [-0.2, -0.15) is 4.98 Å². The lowest BCUT2D eigenvalue weighted by molar-refractivity contribution is 0.101. The highest BCUT2D eigenvalue weighted by Crippen LogP contribution is 2.25. The summed E-state index contributed by atoms with van der Waals surface area (Å²) in [5.74, 6) is 0.496. The first kappa shape index (κ1) is 17.3. The Kier molecular flexibility index (Phi) is 4.62. The summed E-state index contributed by atoms with van der Waals surface area (Å²) in [5.41, 5.74) is 1.53. The van der Waals surface area contributed by atoms with E-state index in [0.29, 0.717) is 27.2 Å². The van der Waals surface area contributed by atoms with Crippen molar-refractivity contribution in [2.24, 2.45) is 0 Å². The molecule has 0 spiro atoms. The van der Waals surface area contributed by atoms with Crippen LogP contribution in [0.1, 0.15) is 10.5 Å². The van der Waals surface area contributed by atoms with E-state index in [9.17, 15) is 4.79 Å². The van der Waals surface area contributed by atoms with Crippen molar-refractivity contribution >= 4 is 35.1 Å². The quantitative estimate of drug-likeness (QED) is 0.518. The second kappa shape index (κ2) is 7.22. The van der Waals surface area contributed by atoms with Gasteiger partial charge in [-0.15, -0.1) is 5.10 Å². The van der Waals surface area contributed by atoms with Gasteiger partial charge in [0.05, 0.1) is 5.02 Å². The predicted molar refractivity (Wildman–Crippen MR) is 102 cm³/mol. The number of benzene rings is 2. The molecule has 0 unspecified atom stereocenters. The number of nitrogens with zero attached hydrogens (tertiary/aromatic N) is 3. The van der Waals surface area contributed by atoms with Crippen molar-refractivity contribution in [2.45, 2.75) is 0 Å². The number of amides is 1. The largest absolute Gasteiger partial charge is 0.355 e.